The van der Waals surface area contributed by atoms with E-state index in [1.54, 1.807) is 4.90 Å². The second-order valence-electron chi connectivity index (χ2n) is 15.1. The first-order chi connectivity index (χ1) is 28.9. The first-order valence-corrected chi connectivity index (χ1v) is 20.1. The maximum absolute atomic E-state index is 12.7. The van der Waals surface area contributed by atoms with Crippen LogP contribution in [-0.4, -0.2) is 184 Å². The van der Waals surface area contributed by atoms with Crippen LogP contribution in [-0.2, 0) is 67.5 Å². The molecule has 2 aromatic heterocycles. The monoisotopic (exact) mass is 871 g/mol. The van der Waals surface area contributed by atoms with Gasteiger partial charge in [-0.05, 0) is 27.7 Å². The van der Waals surface area contributed by atoms with Gasteiger partial charge in [0.25, 0.3) is 0 Å². The number of nitrogens with zero attached hydrogens (tertiary/aromatic N) is 5. The minimum absolute atomic E-state index is 0.0129. The van der Waals surface area contributed by atoms with Gasteiger partial charge in [-0.1, -0.05) is 0 Å². The number of carbonyl (C=O) groups excluding carboxylic acids is 4. The van der Waals surface area contributed by atoms with E-state index >= 15 is 0 Å². The number of aromatic nitrogens is 4. The molecule has 0 bridgehead atoms. The number of amides is 1. The van der Waals surface area contributed by atoms with E-state index in [1.807, 2.05) is 27.7 Å². The molecule has 4 rings (SSSR count). The molecule has 0 radical (unpaired) electrons. The smallest absolute Gasteiger partial charge is 0.303 e. The highest BCUT2D eigenvalue weighted by Gasteiger charge is 2.70. The van der Waals surface area contributed by atoms with Crippen LogP contribution in [0.25, 0.3) is 11.2 Å². The molecule has 344 valence electrons. The Morgan fingerprint density at radius 1 is 0.869 bits per heavy atom. The Bertz CT molecular complexity index is 1760. The number of nitrogens with one attached hydrogen (secondary N) is 1. The summed E-state index contributed by atoms with van der Waals surface area (Å²) in [6.07, 6.45) is -4.90. The molecule has 1 amide bonds. The normalized spacial score (nSPS) is 27.8. The average Bonchev–Trinajstić information content (AvgIpc) is 3.70. The first kappa shape index (κ1) is 49.5. The summed E-state index contributed by atoms with van der Waals surface area (Å²) in [4.78, 5) is 62.3. The molecule has 9 atom stereocenters. The molecule has 4 heterocycles. The minimum Gasteiger partial charge on any atom is -0.463 e. The zero-order chi connectivity index (χ0) is 45.1. The van der Waals surface area contributed by atoms with Crippen molar-refractivity contribution >= 4 is 40.8 Å². The number of nitrogen functional groups attached to an aromatic ring is 1. The molecule has 0 saturated carbocycles. The van der Waals surface area contributed by atoms with E-state index < -0.39 is 84.7 Å². The van der Waals surface area contributed by atoms with Crippen LogP contribution in [0.15, 0.2) is 12.7 Å². The third-order valence-electron chi connectivity index (χ3n) is 10.0. The van der Waals surface area contributed by atoms with Gasteiger partial charge in [-0.15, -0.1) is 0 Å². The van der Waals surface area contributed by atoms with E-state index in [1.165, 1.54) is 31.1 Å². The fourth-order valence-electron chi connectivity index (χ4n) is 7.89. The molecule has 2 aromatic rings. The fourth-order valence-corrected chi connectivity index (χ4v) is 7.89. The molecule has 0 spiro atoms. The standard InChI is InChI=1S/C38H61N7O16/c1-21(2)45(22(3)4)38(52)33(51)27(17-46)61-37(38,44-20-42-30-34(39)40-19-41-35(30)44)9-10-53-11-12-54-13-14-55-15-16-56-36-29(43-23(5)47)32(59-26(8)50)31(58-25(7)49)28(60-36)18-57-24(6)48/h19-22,27-29,31-33,36,46,51-52H,9-18H2,1-8H3,(H,43,47)(H2,39,40,41)/t27-,28-,29-,31+,32-,33-,36-,37-,38-/m1/s1. The first-order valence-electron chi connectivity index (χ1n) is 20.1. The van der Waals surface area contributed by atoms with Crippen LogP contribution in [0.2, 0.25) is 0 Å². The molecule has 2 aliphatic heterocycles. The number of rotatable bonds is 23. The number of nitrogens with two attached hydrogens (primary N) is 1. The largest absolute Gasteiger partial charge is 0.463 e. The van der Waals surface area contributed by atoms with Crippen molar-refractivity contribution in [1.82, 2.24) is 29.7 Å². The van der Waals surface area contributed by atoms with Crippen molar-refractivity contribution < 1.29 is 77.1 Å². The molecule has 0 aromatic carbocycles. The molecule has 61 heavy (non-hydrogen) atoms. The van der Waals surface area contributed by atoms with E-state index in [9.17, 15) is 34.5 Å². The van der Waals surface area contributed by atoms with Gasteiger partial charge in [0.05, 0.1) is 59.2 Å². The van der Waals surface area contributed by atoms with Gasteiger partial charge in [0.15, 0.2) is 41.4 Å². The highest BCUT2D eigenvalue weighted by Crippen LogP contribution is 2.50. The van der Waals surface area contributed by atoms with Crippen molar-refractivity contribution in [3.05, 3.63) is 12.7 Å². The van der Waals surface area contributed by atoms with Gasteiger partial charge < -0.3 is 69.0 Å². The van der Waals surface area contributed by atoms with Crippen molar-refractivity contribution in [2.45, 2.75) is 128 Å². The highest BCUT2D eigenvalue weighted by molar-refractivity contribution is 5.81. The van der Waals surface area contributed by atoms with Gasteiger partial charge in [0.1, 0.15) is 42.8 Å². The van der Waals surface area contributed by atoms with Crippen LogP contribution in [0.4, 0.5) is 5.82 Å². The van der Waals surface area contributed by atoms with Crippen molar-refractivity contribution in [3.63, 3.8) is 0 Å². The molecule has 2 aliphatic rings. The van der Waals surface area contributed by atoms with Crippen LogP contribution in [0.5, 0.6) is 0 Å². The van der Waals surface area contributed by atoms with E-state index in [0.29, 0.717) is 0 Å². The lowest BCUT2D eigenvalue weighted by atomic mass is 9.87. The van der Waals surface area contributed by atoms with Gasteiger partial charge in [0, 0.05) is 46.2 Å². The predicted octanol–water partition coefficient (Wildman–Crippen LogP) is -1.27. The number of aliphatic hydroxyl groups excluding tert-OH is 2. The molecule has 6 N–H and O–H groups in total. The lowest BCUT2D eigenvalue weighted by Crippen LogP contribution is -2.70. The summed E-state index contributed by atoms with van der Waals surface area (Å²) in [5.74, 6) is -2.47. The molecule has 23 nitrogen and oxygen atoms in total. The maximum atomic E-state index is 12.7. The number of aliphatic hydroxyl groups is 3. The Morgan fingerprint density at radius 2 is 1.46 bits per heavy atom. The van der Waals surface area contributed by atoms with Crippen molar-refractivity contribution in [2.24, 2.45) is 0 Å². The molecular formula is C38H61N7O16. The number of imidazole rings is 1. The van der Waals surface area contributed by atoms with Gasteiger partial charge in [0.2, 0.25) is 5.91 Å². The molecule has 0 unspecified atom stereocenters. The third-order valence-corrected chi connectivity index (χ3v) is 10.0. The highest BCUT2D eigenvalue weighted by atomic mass is 16.7. The molecule has 2 saturated heterocycles. The fraction of sp³-hybridized carbons (Fsp3) is 0.763. The van der Waals surface area contributed by atoms with Crippen molar-refractivity contribution in [3.8, 4) is 0 Å². The Morgan fingerprint density at radius 3 is 2.02 bits per heavy atom. The second kappa shape index (κ2) is 22.3. The zero-order valence-electron chi connectivity index (χ0n) is 35.9. The average molecular weight is 872 g/mol. The topological polar surface area (TPSA) is 297 Å². The van der Waals surface area contributed by atoms with Crippen LogP contribution >= 0.6 is 0 Å². The van der Waals surface area contributed by atoms with Gasteiger partial charge in [-0.2, -0.15) is 0 Å². The number of esters is 3. The summed E-state index contributed by atoms with van der Waals surface area (Å²) in [6, 6.07) is -1.68. The summed E-state index contributed by atoms with van der Waals surface area (Å²) in [7, 11) is 0. The maximum Gasteiger partial charge on any atom is 0.303 e. The lowest BCUT2D eigenvalue weighted by Gasteiger charge is -2.52. The van der Waals surface area contributed by atoms with E-state index in [-0.39, 0.29) is 88.3 Å². The van der Waals surface area contributed by atoms with Crippen molar-refractivity contribution in [1.29, 1.82) is 0 Å². The summed E-state index contributed by atoms with van der Waals surface area (Å²) in [5.41, 5.74) is 2.74. The summed E-state index contributed by atoms with van der Waals surface area (Å²) < 4.78 is 53.0. The molecular weight excluding hydrogens is 810 g/mol. The number of ether oxygens (including phenoxy) is 9. The van der Waals surface area contributed by atoms with E-state index in [4.69, 9.17) is 48.4 Å². The lowest BCUT2D eigenvalue weighted by molar-refractivity contribution is -0.281. The Labute approximate surface area is 353 Å². The number of anilines is 1. The van der Waals surface area contributed by atoms with Crippen LogP contribution in [0.3, 0.4) is 0 Å². The summed E-state index contributed by atoms with van der Waals surface area (Å²) in [5, 5.41) is 37.3. The molecule has 0 aliphatic carbocycles. The van der Waals surface area contributed by atoms with Crippen LogP contribution in [0, 0.1) is 0 Å². The quantitative estimate of drug-likeness (QED) is 0.0377. The third kappa shape index (κ3) is 11.7. The number of carbonyl (C=O) groups is 4. The predicted molar refractivity (Wildman–Crippen MR) is 210 cm³/mol. The Balaban J connectivity index is 1.32. The Kier molecular flexibility index (Phi) is 18.1. The van der Waals surface area contributed by atoms with Crippen LogP contribution in [0.1, 0.15) is 61.8 Å². The number of fused-ring (bicyclic) bond motifs is 1. The van der Waals surface area contributed by atoms with Gasteiger partial charge >= 0.3 is 17.9 Å². The van der Waals surface area contributed by atoms with Gasteiger partial charge in [-0.3, -0.25) is 28.6 Å². The Hall–Kier alpha value is -4.17. The summed E-state index contributed by atoms with van der Waals surface area (Å²) in [6.45, 7) is 12.0. The number of hydrogen-bond acceptors (Lipinski definition) is 21. The number of hydrogen-bond donors (Lipinski definition) is 5. The SMILES string of the molecule is CC(=O)N[C@H]1[C@H](OCCOCCOCCOCC[C@@]2(n3cnc4c(N)ncnc43)O[C@H](CO)[C@@H](O)[C@]2(O)N(C(C)C)C(C)C)O[C@H](COC(C)=O)[C@H](OC(C)=O)[C@@H]1OC(C)=O. The van der Waals surface area contributed by atoms with E-state index in [2.05, 4.69) is 20.3 Å². The van der Waals surface area contributed by atoms with Crippen molar-refractivity contribution in [2.75, 3.05) is 65.2 Å². The molecule has 2 fully saturated rings. The molecule has 23 heteroatoms. The van der Waals surface area contributed by atoms with E-state index in [0.717, 1.165) is 13.8 Å². The van der Waals surface area contributed by atoms with Gasteiger partial charge in [-0.25, -0.2) is 15.0 Å². The summed E-state index contributed by atoms with van der Waals surface area (Å²) >= 11 is 0. The minimum atomic E-state index is -2.10. The zero-order valence-corrected chi connectivity index (χ0v) is 35.9. The second-order valence-corrected chi connectivity index (χ2v) is 15.1. The van der Waals surface area contributed by atoms with Crippen LogP contribution < -0.4 is 11.1 Å².